The number of hydrogen-bond acceptors (Lipinski definition) is 5. The van der Waals surface area contributed by atoms with E-state index in [1.54, 1.807) is 12.1 Å². The lowest BCUT2D eigenvalue weighted by Gasteiger charge is -2.34. The fourth-order valence-corrected chi connectivity index (χ4v) is 2.69. The molecule has 0 bridgehead atoms. The van der Waals surface area contributed by atoms with E-state index < -0.39 is 17.7 Å². The first-order chi connectivity index (χ1) is 13.6. The summed E-state index contributed by atoms with van der Waals surface area (Å²) in [5.74, 6) is 0.103. The van der Waals surface area contributed by atoms with E-state index in [4.69, 9.17) is 0 Å². The van der Waals surface area contributed by atoms with Gasteiger partial charge in [-0.15, -0.1) is 10.2 Å². The molecule has 1 saturated heterocycles. The number of carbonyl (C=O) groups is 2. The Bertz CT molecular complexity index is 739. The molecule has 1 aromatic rings. The molecular formula is C19H26F3N5O2. The average Bonchev–Trinajstić information content (AvgIpc) is 2.67. The van der Waals surface area contributed by atoms with Crippen molar-refractivity contribution in [2.45, 2.75) is 33.4 Å². The Hall–Kier alpha value is -2.65. The second-order valence-corrected chi connectivity index (χ2v) is 7.35. The van der Waals surface area contributed by atoms with Gasteiger partial charge < -0.3 is 15.1 Å². The maximum Gasteiger partial charge on any atom is 0.412 e. The smallest absolute Gasteiger partial charge is 0.352 e. The highest BCUT2D eigenvalue weighted by Crippen LogP contribution is 2.25. The van der Waals surface area contributed by atoms with Crippen LogP contribution in [0.1, 0.15) is 37.7 Å². The van der Waals surface area contributed by atoms with Crippen LogP contribution in [0.5, 0.6) is 0 Å². The SMILES string of the molecule is C/C(=C\C(=O)N1CCN(c2ccc(C(=O)NCCC(C)C)nn2)CC1)C(F)(F)F. The van der Waals surface area contributed by atoms with Crippen LogP contribution in [0, 0.1) is 5.92 Å². The molecule has 29 heavy (non-hydrogen) atoms. The molecule has 1 aliphatic rings. The largest absolute Gasteiger partial charge is 0.412 e. The number of alkyl halides is 3. The first-order valence-electron chi connectivity index (χ1n) is 9.49. The Balaban J connectivity index is 1.88. The van der Waals surface area contributed by atoms with Gasteiger partial charge in [-0.1, -0.05) is 13.8 Å². The van der Waals surface area contributed by atoms with Crippen LogP contribution in [0.3, 0.4) is 0 Å². The number of nitrogens with one attached hydrogen (secondary N) is 1. The zero-order chi connectivity index (χ0) is 21.6. The second kappa shape index (κ2) is 9.71. The minimum absolute atomic E-state index is 0.221. The summed E-state index contributed by atoms with van der Waals surface area (Å²) in [4.78, 5) is 27.3. The van der Waals surface area contributed by atoms with Crippen molar-refractivity contribution < 1.29 is 22.8 Å². The van der Waals surface area contributed by atoms with E-state index in [0.717, 1.165) is 13.3 Å². The molecule has 2 heterocycles. The van der Waals surface area contributed by atoms with E-state index in [9.17, 15) is 22.8 Å². The molecule has 10 heteroatoms. The van der Waals surface area contributed by atoms with Crippen LogP contribution in [0.2, 0.25) is 0 Å². The third-order valence-electron chi connectivity index (χ3n) is 4.59. The molecule has 7 nitrogen and oxygen atoms in total. The number of rotatable bonds is 6. The third-order valence-corrected chi connectivity index (χ3v) is 4.59. The minimum atomic E-state index is -4.50. The van der Waals surface area contributed by atoms with E-state index in [0.29, 0.717) is 37.4 Å². The van der Waals surface area contributed by atoms with Gasteiger partial charge >= 0.3 is 6.18 Å². The van der Waals surface area contributed by atoms with Gasteiger partial charge in [0.1, 0.15) is 0 Å². The number of amides is 2. The topological polar surface area (TPSA) is 78.4 Å². The predicted octanol–water partition coefficient (Wildman–Crippen LogP) is 2.41. The summed E-state index contributed by atoms with van der Waals surface area (Å²) >= 11 is 0. The van der Waals surface area contributed by atoms with Crippen molar-refractivity contribution >= 4 is 17.6 Å². The number of nitrogens with zero attached hydrogens (tertiary/aromatic N) is 4. The number of allylic oxidation sites excluding steroid dienone is 1. The summed E-state index contributed by atoms with van der Waals surface area (Å²) in [6.45, 7) is 6.98. The van der Waals surface area contributed by atoms with E-state index in [-0.39, 0.29) is 24.7 Å². The standard InChI is InChI=1S/C19H26F3N5O2/c1-13(2)6-7-23-18(29)15-4-5-16(25-24-15)26-8-10-27(11-9-26)17(28)12-14(3)19(20,21)22/h4-5,12-13H,6-11H2,1-3H3,(H,23,29)/b14-12+. The molecule has 0 radical (unpaired) electrons. The van der Waals surface area contributed by atoms with Crippen molar-refractivity contribution in [2.24, 2.45) is 5.92 Å². The summed E-state index contributed by atoms with van der Waals surface area (Å²) in [6.07, 6.45) is -3.00. The number of halogens is 3. The van der Waals surface area contributed by atoms with Crippen LogP contribution in [0.4, 0.5) is 19.0 Å². The highest BCUT2D eigenvalue weighted by Gasteiger charge is 2.31. The summed E-state index contributed by atoms with van der Waals surface area (Å²) < 4.78 is 37.7. The Kier molecular flexibility index (Phi) is 7.58. The monoisotopic (exact) mass is 413 g/mol. The predicted molar refractivity (Wildman–Crippen MR) is 102 cm³/mol. The van der Waals surface area contributed by atoms with Crippen LogP contribution < -0.4 is 10.2 Å². The van der Waals surface area contributed by atoms with Crippen LogP contribution in [0.25, 0.3) is 0 Å². The van der Waals surface area contributed by atoms with Crippen molar-refractivity contribution in [2.75, 3.05) is 37.6 Å². The number of anilines is 1. The number of carbonyl (C=O) groups excluding carboxylic acids is 2. The highest BCUT2D eigenvalue weighted by molar-refractivity contribution is 5.92. The molecule has 0 spiro atoms. The molecule has 0 unspecified atom stereocenters. The molecule has 0 aliphatic carbocycles. The van der Waals surface area contributed by atoms with Gasteiger partial charge in [0.05, 0.1) is 0 Å². The minimum Gasteiger partial charge on any atom is -0.352 e. The third kappa shape index (κ3) is 6.72. The van der Waals surface area contributed by atoms with Gasteiger partial charge in [-0.2, -0.15) is 13.2 Å². The normalized spacial score (nSPS) is 15.6. The molecule has 0 atom stereocenters. The maximum absolute atomic E-state index is 12.6. The van der Waals surface area contributed by atoms with Crippen molar-refractivity contribution in [1.29, 1.82) is 0 Å². The lowest BCUT2D eigenvalue weighted by atomic mass is 10.1. The van der Waals surface area contributed by atoms with Crippen LogP contribution >= 0.6 is 0 Å². The number of hydrogen-bond donors (Lipinski definition) is 1. The van der Waals surface area contributed by atoms with Gasteiger partial charge in [-0.05, 0) is 31.4 Å². The van der Waals surface area contributed by atoms with Crippen molar-refractivity contribution in [3.05, 3.63) is 29.5 Å². The van der Waals surface area contributed by atoms with E-state index in [2.05, 4.69) is 29.4 Å². The molecule has 0 saturated carbocycles. The van der Waals surface area contributed by atoms with Crippen LogP contribution in [0.15, 0.2) is 23.8 Å². The van der Waals surface area contributed by atoms with Crippen molar-refractivity contribution in [3.63, 3.8) is 0 Å². The Morgan fingerprint density at radius 1 is 1.17 bits per heavy atom. The van der Waals surface area contributed by atoms with Gasteiger partial charge in [0, 0.05) is 44.4 Å². The zero-order valence-corrected chi connectivity index (χ0v) is 16.8. The van der Waals surface area contributed by atoms with E-state index >= 15 is 0 Å². The summed E-state index contributed by atoms with van der Waals surface area (Å²) in [7, 11) is 0. The quantitative estimate of drug-likeness (QED) is 0.725. The molecule has 1 aliphatic heterocycles. The molecular weight excluding hydrogens is 387 g/mol. The van der Waals surface area contributed by atoms with E-state index in [1.165, 1.54) is 4.90 Å². The molecule has 1 fully saturated rings. The fourth-order valence-electron chi connectivity index (χ4n) is 2.69. The average molecular weight is 413 g/mol. The second-order valence-electron chi connectivity index (χ2n) is 7.35. The first-order valence-corrected chi connectivity index (χ1v) is 9.49. The summed E-state index contributed by atoms with van der Waals surface area (Å²) in [6, 6.07) is 3.26. The van der Waals surface area contributed by atoms with Gasteiger partial charge in [-0.25, -0.2) is 0 Å². The Morgan fingerprint density at radius 3 is 2.34 bits per heavy atom. The molecule has 160 valence electrons. The van der Waals surface area contributed by atoms with Gasteiger partial charge in [0.2, 0.25) is 5.91 Å². The summed E-state index contributed by atoms with van der Waals surface area (Å²) in [5.41, 5.74) is -0.697. The Labute approximate surface area is 168 Å². The van der Waals surface area contributed by atoms with Gasteiger partial charge in [0.25, 0.3) is 5.91 Å². The lowest BCUT2D eigenvalue weighted by molar-refractivity contribution is -0.127. The van der Waals surface area contributed by atoms with Crippen LogP contribution in [-0.2, 0) is 4.79 Å². The lowest BCUT2D eigenvalue weighted by Crippen LogP contribution is -2.48. The highest BCUT2D eigenvalue weighted by atomic mass is 19.4. The van der Waals surface area contributed by atoms with Crippen LogP contribution in [-0.4, -0.2) is 65.8 Å². The van der Waals surface area contributed by atoms with Gasteiger partial charge in [0.15, 0.2) is 11.5 Å². The van der Waals surface area contributed by atoms with E-state index in [1.807, 2.05) is 4.90 Å². The van der Waals surface area contributed by atoms with Crippen molar-refractivity contribution in [3.8, 4) is 0 Å². The molecule has 0 aromatic carbocycles. The number of piperazine rings is 1. The molecule has 1 N–H and O–H groups in total. The molecule has 2 amide bonds. The number of aromatic nitrogens is 2. The van der Waals surface area contributed by atoms with Crippen molar-refractivity contribution in [1.82, 2.24) is 20.4 Å². The maximum atomic E-state index is 12.6. The Morgan fingerprint density at radius 2 is 1.83 bits per heavy atom. The fraction of sp³-hybridized carbons (Fsp3) is 0.579. The zero-order valence-electron chi connectivity index (χ0n) is 16.8. The first kappa shape index (κ1) is 22.6. The van der Waals surface area contributed by atoms with Gasteiger partial charge in [-0.3, -0.25) is 9.59 Å². The molecule has 2 rings (SSSR count). The summed E-state index contributed by atoms with van der Waals surface area (Å²) in [5, 5.41) is 10.8. The molecule has 1 aromatic heterocycles.